The van der Waals surface area contributed by atoms with Crippen molar-refractivity contribution in [3.8, 4) is 11.5 Å². The van der Waals surface area contributed by atoms with Gasteiger partial charge in [-0.05, 0) is 71.7 Å². The molecule has 0 fully saturated rings. The Labute approximate surface area is 139 Å². The Hall–Kier alpha value is -1.03. The Morgan fingerprint density at radius 1 is 1.19 bits per heavy atom. The molecule has 4 heteroatoms. The molecule has 2 aromatic rings. The summed E-state index contributed by atoms with van der Waals surface area (Å²) in [4.78, 5) is 0. The Bertz CT molecular complexity index is 630. The minimum Gasteiger partial charge on any atom is -0.455 e. The van der Waals surface area contributed by atoms with Gasteiger partial charge in [-0.15, -0.1) is 0 Å². The summed E-state index contributed by atoms with van der Waals surface area (Å²) in [5.74, 6) is 1.42. The normalized spacial score (nSPS) is 12.2. The second kappa shape index (κ2) is 7.30. The van der Waals surface area contributed by atoms with Gasteiger partial charge in [-0.2, -0.15) is 0 Å². The number of halogens is 2. The molecule has 112 valence electrons. The first-order valence-electron chi connectivity index (χ1n) is 6.98. The largest absolute Gasteiger partial charge is 0.455 e. The van der Waals surface area contributed by atoms with E-state index in [1.807, 2.05) is 43.3 Å². The SMILES string of the molecule is CCNC(C)c1ccc(Oc2ccc(C)cc2Br)c(Cl)c1. The molecule has 0 aliphatic rings. The first-order valence-corrected chi connectivity index (χ1v) is 8.15. The topological polar surface area (TPSA) is 21.3 Å². The second-order valence-electron chi connectivity index (χ2n) is 5.01. The molecule has 0 heterocycles. The van der Waals surface area contributed by atoms with Gasteiger partial charge in [-0.1, -0.05) is 30.7 Å². The molecule has 1 N–H and O–H groups in total. The van der Waals surface area contributed by atoms with Crippen molar-refractivity contribution in [1.82, 2.24) is 5.32 Å². The van der Waals surface area contributed by atoms with Gasteiger partial charge in [0, 0.05) is 6.04 Å². The highest BCUT2D eigenvalue weighted by Crippen LogP contribution is 2.35. The van der Waals surface area contributed by atoms with Crippen molar-refractivity contribution < 1.29 is 4.74 Å². The van der Waals surface area contributed by atoms with Crippen molar-refractivity contribution in [1.29, 1.82) is 0 Å². The molecule has 2 rings (SSSR count). The average molecular weight is 369 g/mol. The predicted octanol–water partition coefficient (Wildman–Crippen LogP) is 5.87. The Morgan fingerprint density at radius 2 is 1.90 bits per heavy atom. The molecule has 21 heavy (non-hydrogen) atoms. The van der Waals surface area contributed by atoms with Crippen LogP contribution in [-0.2, 0) is 0 Å². The maximum Gasteiger partial charge on any atom is 0.146 e. The molecule has 0 spiro atoms. The molecule has 0 aromatic heterocycles. The van der Waals surface area contributed by atoms with Gasteiger partial charge in [0.05, 0.1) is 9.50 Å². The summed E-state index contributed by atoms with van der Waals surface area (Å²) >= 11 is 9.85. The van der Waals surface area contributed by atoms with Crippen LogP contribution in [0.25, 0.3) is 0 Å². The van der Waals surface area contributed by atoms with Gasteiger partial charge in [-0.3, -0.25) is 0 Å². The van der Waals surface area contributed by atoms with E-state index in [0.717, 1.165) is 22.3 Å². The van der Waals surface area contributed by atoms with E-state index < -0.39 is 0 Å². The number of hydrogen-bond donors (Lipinski definition) is 1. The highest BCUT2D eigenvalue weighted by molar-refractivity contribution is 9.10. The second-order valence-corrected chi connectivity index (χ2v) is 6.27. The molecule has 0 bridgehead atoms. The van der Waals surface area contributed by atoms with Crippen LogP contribution >= 0.6 is 27.5 Å². The molecule has 0 saturated heterocycles. The summed E-state index contributed by atoms with van der Waals surface area (Å²) in [5.41, 5.74) is 2.33. The number of ether oxygens (including phenoxy) is 1. The minimum atomic E-state index is 0.271. The molecule has 2 aromatic carbocycles. The number of hydrogen-bond acceptors (Lipinski definition) is 2. The van der Waals surface area contributed by atoms with E-state index in [1.54, 1.807) is 0 Å². The molecule has 0 aliphatic heterocycles. The van der Waals surface area contributed by atoms with Crippen LogP contribution in [0, 0.1) is 6.92 Å². The lowest BCUT2D eigenvalue weighted by molar-refractivity contribution is 0.479. The fraction of sp³-hybridized carbons (Fsp3) is 0.294. The summed E-state index contributed by atoms with van der Waals surface area (Å²) < 4.78 is 6.81. The molecule has 0 saturated carbocycles. The fourth-order valence-corrected chi connectivity index (χ4v) is 2.90. The molecule has 1 atom stereocenters. The van der Waals surface area contributed by atoms with Gasteiger partial charge in [-0.25, -0.2) is 0 Å². The third-order valence-electron chi connectivity index (χ3n) is 3.27. The van der Waals surface area contributed by atoms with Crippen LogP contribution in [0.15, 0.2) is 40.9 Å². The summed E-state index contributed by atoms with van der Waals surface area (Å²) in [6.07, 6.45) is 0. The zero-order valence-electron chi connectivity index (χ0n) is 12.4. The quantitative estimate of drug-likeness (QED) is 0.712. The van der Waals surface area contributed by atoms with Gasteiger partial charge in [0.15, 0.2) is 0 Å². The molecule has 0 radical (unpaired) electrons. The summed E-state index contributed by atoms with van der Waals surface area (Å²) in [6.45, 7) is 7.17. The predicted molar refractivity (Wildman–Crippen MR) is 92.5 cm³/mol. The number of nitrogens with one attached hydrogen (secondary N) is 1. The molecular formula is C17H19BrClNO. The molecule has 1 unspecified atom stereocenters. The van der Waals surface area contributed by atoms with Gasteiger partial charge >= 0.3 is 0 Å². The highest BCUT2D eigenvalue weighted by atomic mass is 79.9. The van der Waals surface area contributed by atoms with E-state index in [0.29, 0.717) is 10.8 Å². The highest BCUT2D eigenvalue weighted by Gasteiger charge is 2.10. The Balaban J connectivity index is 2.21. The van der Waals surface area contributed by atoms with Crippen molar-refractivity contribution in [2.24, 2.45) is 0 Å². The Kier molecular flexibility index (Phi) is 5.68. The maximum atomic E-state index is 6.34. The number of benzene rings is 2. The van der Waals surface area contributed by atoms with Crippen molar-refractivity contribution in [3.05, 3.63) is 57.0 Å². The monoisotopic (exact) mass is 367 g/mol. The van der Waals surface area contributed by atoms with E-state index in [2.05, 4.69) is 35.1 Å². The lowest BCUT2D eigenvalue weighted by Crippen LogP contribution is -2.17. The fourth-order valence-electron chi connectivity index (χ4n) is 2.10. The molecular weight excluding hydrogens is 350 g/mol. The van der Waals surface area contributed by atoms with Crippen LogP contribution < -0.4 is 10.1 Å². The van der Waals surface area contributed by atoms with Crippen LogP contribution in [0.4, 0.5) is 0 Å². The van der Waals surface area contributed by atoms with Crippen molar-refractivity contribution >= 4 is 27.5 Å². The summed E-state index contributed by atoms with van der Waals surface area (Å²) in [5, 5.41) is 3.98. The van der Waals surface area contributed by atoms with Crippen LogP contribution in [0.2, 0.25) is 5.02 Å². The van der Waals surface area contributed by atoms with Gasteiger partial charge in [0.1, 0.15) is 11.5 Å². The van der Waals surface area contributed by atoms with Gasteiger partial charge in [0.25, 0.3) is 0 Å². The van der Waals surface area contributed by atoms with Gasteiger partial charge in [0.2, 0.25) is 0 Å². The lowest BCUT2D eigenvalue weighted by atomic mass is 10.1. The van der Waals surface area contributed by atoms with Crippen molar-refractivity contribution in [2.45, 2.75) is 26.8 Å². The van der Waals surface area contributed by atoms with E-state index in [9.17, 15) is 0 Å². The zero-order chi connectivity index (χ0) is 15.4. The average Bonchev–Trinajstić information content (AvgIpc) is 2.44. The minimum absolute atomic E-state index is 0.271. The van der Waals surface area contributed by atoms with E-state index in [-0.39, 0.29) is 6.04 Å². The summed E-state index contributed by atoms with van der Waals surface area (Å²) in [6, 6.07) is 12.1. The van der Waals surface area contributed by atoms with E-state index >= 15 is 0 Å². The summed E-state index contributed by atoms with van der Waals surface area (Å²) in [7, 11) is 0. The smallest absolute Gasteiger partial charge is 0.146 e. The first kappa shape index (κ1) is 16.3. The third kappa shape index (κ3) is 4.22. The zero-order valence-corrected chi connectivity index (χ0v) is 14.8. The molecule has 0 aliphatic carbocycles. The molecule has 2 nitrogen and oxygen atoms in total. The van der Waals surface area contributed by atoms with Crippen LogP contribution in [0.3, 0.4) is 0 Å². The standard InChI is InChI=1S/C17H19BrClNO/c1-4-20-12(3)13-6-8-17(15(19)10-13)21-16-7-5-11(2)9-14(16)18/h5-10,12,20H,4H2,1-3H3. The van der Waals surface area contributed by atoms with E-state index in [1.165, 1.54) is 5.56 Å². The maximum absolute atomic E-state index is 6.34. The Morgan fingerprint density at radius 3 is 2.52 bits per heavy atom. The van der Waals surface area contributed by atoms with Gasteiger partial charge < -0.3 is 10.1 Å². The van der Waals surface area contributed by atoms with E-state index in [4.69, 9.17) is 16.3 Å². The van der Waals surface area contributed by atoms with Crippen LogP contribution in [0.5, 0.6) is 11.5 Å². The van der Waals surface area contributed by atoms with Crippen molar-refractivity contribution in [2.75, 3.05) is 6.54 Å². The molecule has 0 amide bonds. The lowest BCUT2D eigenvalue weighted by Gasteiger charge is -2.15. The number of aryl methyl sites for hydroxylation is 1. The van der Waals surface area contributed by atoms with Crippen LogP contribution in [0.1, 0.15) is 31.0 Å². The number of rotatable bonds is 5. The first-order chi connectivity index (χ1) is 10.0. The van der Waals surface area contributed by atoms with Crippen LogP contribution in [-0.4, -0.2) is 6.54 Å². The van der Waals surface area contributed by atoms with Crippen molar-refractivity contribution in [3.63, 3.8) is 0 Å². The third-order valence-corrected chi connectivity index (χ3v) is 4.19.